The Morgan fingerprint density at radius 3 is 2.74 bits per heavy atom. The molecular formula is C25H34N4O5. The Kier molecular flexibility index (Phi) is 9.21. The minimum atomic E-state index is -0.473. The maximum absolute atomic E-state index is 12.8. The van der Waals surface area contributed by atoms with Gasteiger partial charge in [0.15, 0.2) is 0 Å². The van der Waals surface area contributed by atoms with Crippen molar-refractivity contribution in [1.29, 1.82) is 0 Å². The van der Waals surface area contributed by atoms with Gasteiger partial charge in [-0.15, -0.1) is 0 Å². The number of carbonyl (C=O) groups is 3. The largest absolute Gasteiger partial charge is 0.462 e. The highest BCUT2D eigenvalue weighted by Gasteiger charge is 2.23. The molecule has 9 nitrogen and oxygen atoms in total. The number of esters is 1. The van der Waals surface area contributed by atoms with E-state index >= 15 is 0 Å². The number of benzene rings is 1. The lowest BCUT2D eigenvalue weighted by Gasteiger charge is -2.11. The van der Waals surface area contributed by atoms with Crippen LogP contribution in [-0.4, -0.2) is 72.9 Å². The summed E-state index contributed by atoms with van der Waals surface area (Å²) in [5.74, 6) is -0.731. The van der Waals surface area contributed by atoms with Gasteiger partial charge in [0.1, 0.15) is 0 Å². The lowest BCUT2D eigenvalue weighted by molar-refractivity contribution is 0.0494. The van der Waals surface area contributed by atoms with Gasteiger partial charge in [0, 0.05) is 52.4 Å². The summed E-state index contributed by atoms with van der Waals surface area (Å²) < 4.78 is 12.9. The van der Waals surface area contributed by atoms with Crippen LogP contribution in [0.1, 0.15) is 68.6 Å². The van der Waals surface area contributed by atoms with Crippen LogP contribution in [0.5, 0.6) is 0 Å². The molecule has 1 aliphatic heterocycles. The Morgan fingerprint density at radius 2 is 1.97 bits per heavy atom. The number of hydrogen-bond acceptors (Lipinski definition) is 6. The number of ether oxygens (including phenoxy) is 2. The van der Waals surface area contributed by atoms with Crippen molar-refractivity contribution in [3.05, 3.63) is 52.3 Å². The van der Waals surface area contributed by atoms with Crippen molar-refractivity contribution >= 4 is 17.8 Å². The number of fused-ring (bicyclic) bond motifs is 1. The summed E-state index contributed by atoms with van der Waals surface area (Å²) in [4.78, 5) is 38.9. The molecule has 0 radical (unpaired) electrons. The molecule has 1 aliphatic rings. The summed E-state index contributed by atoms with van der Waals surface area (Å²) in [5.41, 5.74) is 3.13. The minimum Gasteiger partial charge on any atom is -0.462 e. The van der Waals surface area contributed by atoms with Crippen LogP contribution in [-0.2, 0) is 28.9 Å². The highest BCUT2D eigenvalue weighted by molar-refractivity contribution is 5.98. The molecule has 9 heteroatoms. The number of nitrogens with zero attached hydrogens (tertiary/aromatic N) is 3. The third-order valence-corrected chi connectivity index (χ3v) is 5.64. The number of nitrogens with one attached hydrogen (secondary N) is 1. The first-order chi connectivity index (χ1) is 16.4. The summed E-state index contributed by atoms with van der Waals surface area (Å²) in [5, 5.41) is 7.66. The van der Waals surface area contributed by atoms with Gasteiger partial charge >= 0.3 is 5.97 Å². The van der Waals surface area contributed by atoms with Crippen molar-refractivity contribution < 1.29 is 23.9 Å². The maximum atomic E-state index is 12.8. The lowest BCUT2D eigenvalue weighted by atomic mass is 10.1. The second-order valence-electron chi connectivity index (χ2n) is 8.44. The van der Waals surface area contributed by atoms with Crippen LogP contribution in [0.4, 0.5) is 0 Å². The molecule has 2 amide bonds. The van der Waals surface area contributed by atoms with Crippen LogP contribution in [0, 0.1) is 0 Å². The Hall–Kier alpha value is -3.20. The normalized spacial score (nSPS) is 14.5. The van der Waals surface area contributed by atoms with Gasteiger partial charge in [-0.2, -0.15) is 5.10 Å². The minimum absolute atomic E-state index is 0.0846. The van der Waals surface area contributed by atoms with Gasteiger partial charge in [-0.3, -0.25) is 14.3 Å². The topological polar surface area (TPSA) is 103 Å². The molecule has 0 saturated carbocycles. The predicted octanol–water partition coefficient (Wildman–Crippen LogP) is 2.48. The van der Waals surface area contributed by atoms with E-state index in [-0.39, 0.29) is 18.4 Å². The lowest BCUT2D eigenvalue weighted by Crippen LogP contribution is -2.26. The third kappa shape index (κ3) is 6.44. The van der Waals surface area contributed by atoms with E-state index in [4.69, 9.17) is 9.47 Å². The van der Waals surface area contributed by atoms with Crippen molar-refractivity contribution in [3.8, 4) is 0 Å². The summed E-state index contributed by atoms with van der Waals surface area (Å²) in [6.45, 7) is 4.59. The Bertz CT molecular complexity index is 1010. The van der Waals surface area contributed by atoms with Gasteiger partial charge in [0.2, 0.25) is 0 Å². The zero-order valence-electron chi connectivity index (χ0n) is 20.3. The molecule has 0 saturated heterocycles. The van der Waals surface area contributed by atoms with Gasteiger partial charge in [0.25, 0.3) is 11.8 Å². The second kappa shape index (κ2) is 12.3. The molecule has 1 aromatic carbocycles. The van der Waals surface area contributed by atoms with E-state index in [1.54, 1.807) is 38.4 Å². The standard InChI is InChI=1S/C25H34N4O5/c1-4-20-22-21(11-6-14-33-15-7-12-26-23(22)30)29(27-20)13-8-16-34-25(32)19-10-5-9-18(17-19)24(31)28(2)3/h5,9-10,17H,4,6-8,11-16H2,1-3H3,(H,26,30). The van der Waals surface area contributed by atoms with E-state index in [1.807, 2.05) is 11.6 Å². The fourth-order valence-corrected chi connectivity index (χ4v) is 3.91. The predicted molar refractivity (Wildman–Crippen MR) is 127 cm³/mol. The Morgan fingerprint density at radius 1 is 1.21 bits per heavy atom. The first-order valence-electron chi connectivity index (χ1n) is 11.9. The van der Waals surface area contributed by atoms with Gasteiger partial charge in [0.05, 0.1) is 29.1 Å². The zero-order chi connectivity index (χ0) is 24.5. The van der Waals surface area contributed by atoms with E-state index in [0.717, 1.165) is 24.2 Å². The molecule has 0 bridgehead atoms. The highest BCUT2D eigenvalue weighted by Crippen LogP contribution is 2.19. The molecule has 0 unspecified atom stereocenters. The van der Waals surface area contributed by atoms with Crippen LogP contribution in [0.25, 0.3) is 0 Å². The molecule has 2 aromatic rings. The quantitative estimate of drug-likeness (QED) is 0.493. The van der Waals surface area contributed by atoms with E-state index in [0.29, 0.717) is 62.3 Å². The molecule has 0 spiro atoms. The molecule has 1 aromatic heterocycles. The molecule has 34 heavy (non-hydrogen) atoms. The fraction of sp³-hybridized carbons (Fsp3) is 0.520. The molecule has 0 aliphatic carbocycles. The van der Waals surface area contributed by atoms with Crippen LogP contribution in [0.15, 0.2) is 24.3 Å². The maximum Gasteiger partial charge on any atom is 0.338 e. The van der Waals surface area contributed by atoms with E-state index in [9.17, 15) is 14.4 Å². The molecule has 0 fully saturated rings. The highest BCUT2D eigenvalue weighted by atomic mass is 16.5. The van der Waals surface area contributed by atoms with E-state index in [1.165, 1.54) is 4.90 Å². The van der Waals surface area contributed by atoms with Crippen LogP contribution >= 0.6 is 0 Å². The second-order valence-corrected chi connectivity index (χ2v) is 8.44. The molecule has 184 valence electrons. The molecule has 3 rings (SSSR count). The number of hydrogen-bond donors (Lipinski definition) is 1. The van der Waals surface area contributed by atoms with Crippen molar-refractivity contribution in [2.75, 3.05) is 40.5 Å². The summed E-state index contributed by atoms with van der Waals surface area (Å²) >= 11 is 0. The number of amides is 2. The first-order valence-corrected chi connectivity index (χ1v) is 11.9. The first kappa shape index (κ1) is 25.4. The number of aryl methyl sites for hydroxylation is 2. The summed E-state index contributed by atoms with van der Waals surface area (Å²) in [6, 6.07) is 6.52. The SMILES string of the molecule is CCc1nn(CCCOC(=O)c2cccc(C(=O)N(C)C)c2)c2c1C(=O)NCCCOCCC2. The Labute approximate surface area is 200 Å². The van der Waals surface area contributed by atoms with E-state index < -0.39 is 5.97 Å². The average Bonchev–Trinajstić information content (AvgIpc) is 3.18. The Balaban J connectivity index is 1.63. The smallest absolute Gasteiger partial charge is 0.338 e. The zero-order valence-corrected chi connectivity index (χ0v) is 20.3. The van der Waals surface area contributed by atoms with Gasteiger partial charge in [-0.05, 0) is 43.9 Å². The van der Waals surface area contributed by atoms with Gasteiger partial charge in [-0.25, -0.2) is 4.79 Å². The van der Waals surface area contributed by atoms with Crippen LogP contribution in [0.3, 0.4) is 0 Å². The third-order valence-electron chi connectivity index (χ3n) is 5.64. The van der Waals surface area contributed by atoms with Crippen LogP contribution in [0.2, 0.25) is 0 Å². The molecule has 1 N–H and O–H groups in total. The number of carbonyl (C=O) groups excluding carboxylic acids is 3. The van der Waals surface area contributed by atoms with Crippen molar-refractivity contribution in [3.63, 3.8) is 0 Å². The molecular weight excluding hydrogens is 436 g/mol. The van der Waals surface area contributed by atoms with Crippen molar-refractivity contribution in [2.45, 2.75) is 45.6 Å². The molecule has 0 atom stereocenters. The fourth-order valence-electron chi connectivity index (χ4n) is 3.91. The summed E-state index contributed by atoms with van der Waals surface area (Å²) in [6.07, 6.45) is 3.51. The van der Waals surface area contributed by atoms with Crippen molar-refractivity contribution in [2.24, 2.45) is 0 Å². The van der Waals surface area contributed by atoms with Crippen LogP contribution < -0.4 is 5.32 Å². The molecule has 2 heterocycles. The van der Waals surface area contributed by atoms with Gasteiger partial charge < -0.3 is 19.7 Å². The number of aromatic nitrogens is 2. The monoisotopic (exact) mass is 470 g/mol. The van der Waals surface area contributed by atoms with Crippen molar-refractivity contribution in [1.82, 2.24) is 20.0 Å². The van der Waals surface area contributed by atoms with Gasteiger partial charge in [-0.1, -0.05) is 13.0 Å². The summed E-state index contributed by atoms with van der Waals surface area (Å²) in [7, 11) is 3.33. The van der Waals surface area contributed by atoms with E-state index in [2.05, 4.69) is 10.4 Å². The average molecular weight is 471 g/mol. The number of rotatable bonds is 7.